The number of aliphatic hydroxyl groups is 1. The second-order valence-electron chi connectivity index (χ2n) is 6.06. The van der Waals surface area contributed by atoms with Gasteiger partial charge in [0.2, 0.25) is 0 Å². The number of β-amino-alcohol motifs (C(OH)–C–C–N with tert-alkyl or cyclic N) is 1. The van der Waals surface area contributed by atoms with Gasteiger partial charge in [0.1, 0.15) is 17.9 Å². The average Bonchev–Trinajstić information content (AvgIpc) is 3.31. The Morgan fingerprint density at radius 2 is 2.12 bits per heavy atom. The zero-order valence-electron chi connectivity index (χ0n) is 13.3. The molecule has 0 bridgehead atoms. The molecule has 0 unspecified atom stereocenters. The van der Waals surface area contributed by atoms with Crippen molar-refractivity contribution in [1.82, 2.24) is 24.9 Å². The smallest absolute Gasteiger partial charge is 0.158 e. The van der Waals surface area contributed by atoms with Crippen molar-refractivity contribution >= 4 is 5.82 Å². The van der Waals surface area contributed by atoms with Crippen molar-refractivity contribution in [3.63, 3.8) is 0 Å². The van der Waals surface area contributed by atoms with Gasteiger partial charge in [0.25, 0.3) is 0 Å². The molecule has 2 atom stereocenters. The van der Waals surface area contributed by atoms with E-state index in [1.54, 1.807) is 10.9 Å². The molecule has 0 aliphatic carbocycles. The fourth-order valence-corrected chi connectivity index (χ4v) is 3.05. The highest BCUT2D eigenvalue weighted by Crippen LogP contribution is 2.26. The van der Waals surface area contributed by atoms with Crippen molar-refractivity contribution in [2.24, 2.45) is 5.92 Å². The summed E-state index contributed by atoms with van der Waals surface area (Å²) in [5.41, 5.74) is 0.856. The van der Waals surface area contributed by atoms with Crippen LogP contribution in [-0.4, -0.2) is 49.2 Å². The zero-order valence-corrected chi connectivity index (χ0v) is 13.3. The molecule has 0 amide bonds. The predicted octanol–water partition coefficient (Wildman–Crippen LogP) is 0.999. The number of aromatic nitrogens is 5. The van der Waals surface area contributed by atoms with Crippen molar-refractivity contribution in [3.05, 3.63) is 48.4 Å². The topological polar surface area (TPSA) is 93.1 Å². The number of aliphatic hydroxyl groups excluding tert-OH is 1. The number of hydrogen-bond donors (Lipinski definition) is 1. The first-order valence-electron chi connectivity index (χ1n) is 7.86. The Hall–Kier alpha value is -2.74. The molecule has 0 spiro atoms. The maximum absolute atomic E-state index is 10.4. The van der Waals surface area contributed by atoms with Crippen LogP contribution in [0.5, 0.6) is 0 Å². The summed E-state index contributed by atoms with van der Waals surface area (Å²) in [5, 5.41) is 18.5. The van der Waals surface area contributed by atoms with Crippen molar-refractivity contribution in [2.75, 3.05) is 18.0 Å². The van der Waals surface area contributed by atoms with E-state index < -0.39 is 6.10 Å². The van der Waals surface area contributed by atoms with Crippen LogP contribution < -0.4 is 4.90 Å². The summed E-state index contributed by atoms with van der Waals surface area (Å²) >= 11 is 0. The zero-order chi connectivity index (χ0) is 16.5. The number of hydrogen-bond acceptors (Lipinski definition) is 7. The van der Waals surface area contributed by atoms with Crippen molar-refractivity contribution < 1.29 is 9.63 Å². The highest BCUT2D eigenvalue weighted by atomic mass is 16.5. The van der Waals surface area contributed by atoms with Gasteiger partial charge in [-0.1, -0.05) is 5.16 Å². The highest BCUT2D eigenvalue weighted by Gasteiger charge is 2.33. The van der Waals surface area contributed by atoms with Crippen LogP contribution in [0.1, 0.15) is 11.5 Å². The van der Waals surface area contributed by atoms with Crippen molar-refractivity contribution in [1.29, 1.82) is 0 Å². The normalized spacial score (nSPS) is 20.7. The second kappa shape index (κ2) is 6.04. The van der Waals surface area contributed by atoms with Crippen LogP contribution in [-0.2, 0) is 6.42 Å². The van der Waals surface area contributed by atoms with Gasteiger partial charge in [-0.15, -0.1) is 0 Å². The third-order valence-corrected chi connectivity index (χ3v) is 4.25. The van der Waals surface area contributed by atoms with Gasteiger partial charge in [0.05, 0.1) is 11.8 Å². The van der Waals surface area contributed by atoms with Gasteiger partial charge in [-0.3, -0.25) is 0 Å². The van der Waals surface area contributed by atoms with Gasteiger partial charge in [0.15, 0.2) is 5.82 Å². The van der Waals surface area contributed by atoms with E-state index in [9.17, 15) is 5.11 Å². The summed E-state index contributed by atoms with van der Waals surface area (Å²) in [6.07, 6.45) is 5.29. The van der Waals surface area contributed by atoms with E-state index in [1.807, 2.05) is 31.3 Å². The fourth-order valence-electron chi connectivity index (χ4n) is 3.05. The van der Waals surface area contributed by atoms with E-state index in [2.05, 4.69) is 25.1 Å². The lowest BCUT2D eigenvalue weighted by Gasteiger charge is -2.17. The SMILES string of the molecule is Cc1cc(C[C@@H]2CN(c3cc(-n4cccn4)ncn3)C[C@@H]2O)on1. The van der Waals surface area contributed by atoms with Gasteiger partial charge in [0, 0.05) is 50.0 Å². The summed E-state index contributed by atoms with van der Waals surface area (Å²) in [6, 6.07) is 5.63. The Bertz CT molecular complexity index is 816. The molecule has 124 valence electrons. The summed E-state index contributed by atoms with van der Waals surface area (Å²) in [4.78, 5) is 10.6. The fraction of sp³-hybridized carbons (Fsp3) is 0.375. The van der Waals surface area contributed by atoms with E-state index in [0.29, 0.717) is 25.3 Å². The molecule has 1 N–H and O–H groups in total. The number of aryl methyl sites for hydroxylation is 1. The molecule has 0 radical (unpaired) electrons. The number of nitrogens with zero attached hydrogens (tertiary/aromatic N) is 6. The van der Waals surface area contributed by atoms with Gasteiger partial charge in [-0.2, -0.15) is 5.10 Å². The monoisotopic (exact) mass is 326 g/mol. The van der Waals surface area contributed by atoms with E-state index in [0.717, 1.165) is 17.3 Å². The highest BCUT2D eigenvalue weighted by molar-refractivity contribution is 5.44. The molecule has 1 saturated heterocycles. The molecule has 0 aromatic carbocycles. The molecular weight excluding hydrogens is 308 g/mol. The molecular formula is C16H18N6O2. The first-order chi connectivity index (χ1) is 11.7. The van der Waals surface area contributed by atoms with E-state index in [4.69, 9.17) is 4.52 Å². The van der Waals surface area contributed by atoms with Gasteiger partial charge in [-0.25, -0.2) is 14.6 Å². The lowest BCUT2D eigenvalue weighted by molar-refractivity contribution is 0.143. The molecule has 8 heteroatoms. The molecule has 4 heterocycles. The van der Waals surface area contributed by atoms with Crippen LogP contribution in [0.15, 0.2) is 41.4 Å². The first kappa shape index (κ1) is 14.8. The lowest BCUT2D eigenvalue weighted by Crippen LogP contribution is -2.22. The molecule has 1 aliphatic heterocycles. The molecule has 4 rings (SSSR count). The molecule has 3 aromatic heterocycles. The van der Waals surface area contributed by atoms with Crippen LogP contribution in [0.25, 0.3) is 5.82 Å². The maximum atomic E-state index is 10.4. The van der Waals surface area contributed by atoms with Crippen LogP contribution in [0.2, 0.25) is 0 Å². The van der Waals surface area contributed by atoms with Crippen molar-refractivity contribution in [3.8, 4) is 5.82 Å². The summed E-state index contributed by atoms with van der Waals surface area (Å²) in [6.45, 7) is 3.13. The quantitative estimate of drug-likeness (QED) is 0.764. The Morgan fingerprint density at radius 3 is 2.88 bits per heavy atom. The minimum atomic E-state index is -0.432. The second-order valence-corrected chi connectivity index (χ2v) is 6.06. The summed E-state index contributed by atoms with van der Waals surface area (Å²) < 4.78 is 6.95. The third-order valence-electron chi connectivity index (χ3n) is 4.25. The molecule has 1 aliphatic rings. The minimum Gasteiger partial charge on any atom is -0.391 e. The van der Waals surface area contributed by atoms with Gasteiger partial charge in [-0.05, 0) is 13.0 Å². The Labute approximate surface area is 138 Å². The van der Waals surface area contributed by atoms with E-state index >= 15 is 0 Å². The molecule has 0 saturated carbocycles. The van der Waals surface area contributed by atoms with E-state index in [-0.39, 0.29) is 5.92 Å². The van der Waals surface area contributed by atoms with E-state index in [1.165, 1.54) is 6.33 Å². The van der Waals surface area contributed by atoms with Crippen LogP contribution in [0.3, 0.4) is 0 Å². The predicted molar refractivity (Wildman–Crippen MR) is 85.8 cm³/mol. The first-order valence-corrected chi connectivity index (χ1v) is 7.86. The Kier molecular flexibility index (Phi) is 3.73. The van der Waals surface area contributed by atoms with Crippen LogP contribution >= 0.6 is 0 Å². The van der Waals surface area contributed by atoms with Gasteiger partial charge < -0.3 is 14.5 Å². The average molecular weight is 326 g/mol. The Balaban J connectivity index is 1.50. The molecule has 24 heavy (non-hydrogen) atoms. The minimum absolute atomic E-state index is 0.0838. The van der Waals surface area contributed by atoms with Gasteiger partial charge >= 0.3 is 0 Å². The third kappa shape index (κ3) is 2.88. The number of rotatable bonds is 4. The Morgan fingerprint density at radius 1 is 1.25 bits per heavy atom. The lowest BCUT2D eigenvalue weighted by atomic mass is 10.0. The maximum Gasteiger partial charge on any atom is 0.158 e. The van der Waals surface area contributed by atoms with Crippen LogP contribution in [0.4, 0.5) is 5.82 Å². The summed E-state index contributed by atoms with van der Waals surface area (Å²) in [7, 11) is 0. The number of anilines is 1. The molecule has 3 aromatic rings. The molecule has 8 nitrogen and oxygen atoms in total. The van der Waals surface area contributed by atoms with Crippen molar-refractivity contribution in [2.45, 2.75) is 19.4 Å². The summed E-state index contributed by atoms with van der Waals surface area (Å²) in [5.74, 6) is 2.37. The molecule has 1 fully saturated rings. The standard InChI is InChI=1S/C16H18N6O2/c1-11-5-13(24-20-11)6-12-8-21(9-14(12)23)15-7-16(18-10-17-15)22-4-2-3-19-22/h2-5,7,10,12,14,23H,6,8-9H2,1H3/t12-,14+/m1/s1. The van der Waals surface area contributed by atoms with Crippen LogP contribution in [0, 0.1) is 12.8 Å². The largest absolute Gasteiger partial charge is 0.391 e.